The van der Waals surface area contributed by atoms with Crippen LogP contribution in [0.1, 0.15) is 14.9 Å². The Bertz CT molecular complexity index is 325. The smallest absolute Gasteiger partial charge is 0.260 e. The van der Waals surface area contributed by atoms with E-state index in [0.717, 1.165) is 12.2 Å². The van der Waals surface area contributed by atoms with E-state index < -0.39 is 29.1 Å². The summed E-state index contributed by atoms with van der Waals surface area (Å²) in [6.45, 7) is 0.593. The fourth-order valence-corrected chi connectivity index (χ4v) is 1.14. The van der Waals surface area contributed by atoms with E-state index >= 15 is 0 Å². The zero-order valence-corrected chi connectivity index (χ0v) is 7.93. The van der Waals surface area contributed by atoms with Gasteiger partial charge in [0, 0.05) is 13.1 Å². The molecule has 0 radical (unpaired) electrons. The maximum atomic E-state index is 11.4. The van der Waals surface area contributed by atoms with Crippen molar-refractivity contribution in [2.75, 3.05) is 13.1 Å². The Kier molecular flexibility index (Phi) is 7.70. The van der Waals surface area contributed by atoms with E-state index in [4.69, 9.17) is 15.9 Å². The maximum absolute atomic E-state index is 11.4. The van der Waals surface area contributed by atoms with Crippen LogP contribution in [0.25, 0.3) is 0 Å². The van der Waals surface area contributed by atoms with E-state index in [1.165, 1.54) is 0 Å². The number of carbonyl (C=O) groups excluding carboxylic acids is 2. The minimum atomic E-state index is -0.877. The summed E-state index contributed by atoms with van der Waals surface area (Å²) in [5.41, 5.74) is 5.18. The lowest BCUT2D eigenvalue weighted by molar-refractivity contribution is -0.122. The van der Waals surface area contributed by atoms with Gasteiger partial charge in [-0.25, -0.2) is 0 Å². The Labute approximate surface area is 101 Å². The molecule has 0 fully saturated rings. The molecule has 98 valence electrons. The van der Waals surface area contributed by atoms with Crippen LogP contribution in [-0.4, -0.2) is 35.0 Å². The SMILES string of the molecule is C.C.NCCNC(=O)C1C=C(O)C(=O)C(O)=C1. The van der Waals surface area contributed by atoms with Gasteiger partial charge in [0.05, 0.1) is 5.92 Å². The summed E-state index contributed by atoms with van der Waals surface area (Å²) in [6, 6.07) is 0. The number of carbonyl (C=O) groups is 2. The molecule has 6 nitrogen and oxygen atoms in total. The molecule has 1 aliphatic carbocycles. The van der Waals surface area contributed by atoms with Gasteiger partial charge in [0.25, 0.3) is 5.78 Å². The number of rotatable bonds is 3. The second-order valence-electron chi connectivity index (χ2n) is 3.04. The molecule has 0 unspecified atom stereocenters. The third-order valence-corrected chi connectivity index (χ3v) is 1.89. The molecule has 0 aromatic heterocycles. The molecule has 0 spiro atoms. The Morgan fingerprint density at radius 2 is 1.76 bits per heavy atom. The Balaban J connectivity index is 0. The van der Waals surface area contributed by atoms with Crippen molar-refractivity contribution in [1.82, 2.24) is 5.32 Å². The van der Waals surface area contributed by atoms with Crippen molar-refractivity contribution in [1.29, 1.82) is 0 Å². The molecule has 0 aromatic carbocycles. The highest BCUT2D eigenvalue weighted by atomic mass is 16.3. The highest BCUT2D eigenvalue weighted by molar-refractivity contribution is 6.07. The molecular formula is C11H20N2O4. The minimum Gasteiger partial charge on any atom is -0.504 e. The van der Waals surface area contributed by atoms with Gasteiger partial charge in [0.15, 0.2) is 11.5 Å². The zero-order chi connectivity index (χ0) is 11.4. The van der Waals surface area contributed by atoms with Gasteiger partial charge in [0.1, 0.15) is 0 Å². The standard InChI is InChI=1S/C9H12N2O4.2CH4/c10-1-2-11-9(15)5-3-6(12)8(14)7(13)4-5;;/h3-5,12-13H,1-2,10H2,(H,11,15);2*1H4. The number of nitrogens with one attached hydrogen (secondary N) is 1. The first-order valence-electron chi connectivity index (χ1n) is 4.40. The number of hydrogen-bond donors (Lipinski definition) is 4. The molecule has 0 aliphatic heterocycles. The molecule has 5 N–H and O–H groups in total. The fourth-order valence-electron chi connectivity index (χ4n) is 1.14. The summed E-state index contributed by atoms with van der Waals surface area (Å²) < 4.78 is 0. The van der Waals surface area contributed by atoms with Crippen LogP contribution in [-0.2, 0) is 9.59 Å². The average molecular weight is 244 g/mol. The molecule has 6 heteroatoms. The summed E-state index contributed by atoms with van der Waals surface area (Å²) >= 11 is 0. The van der Waals surface area contributed by atoms with Gasteiger partial charge < -0.3 is 21.3 Å². The molecule has 0 heterocycles. The molecule has 1 amide bonds. The summed E-state index contributed by atoms with van der Waals surface area (Å²) in [6.07, 6.45) is 2.15. The molecular weight excluding hydrogens is 224 g/mol. The predicted molar refractivity (Wildman–Crippen MR) is 65.4 cm³/mol. The van der Waals surface area contributed by atoms with E-state index in [0.29, 0.717) is 13.1 Å². The first kappa shape index (κ1) is 17.6. The third-order valence-electron chi connectivity index (χ3n) is 1.89. The number of aliphatic hydroxyl groups is 2. The minimum absolute atomic E-state index is 0. The van der Waals surface area contributed by atoms with Gasteiger partial charge in [-0.05, 0) is 12.2 Å². The van der Waals surface area contributed by atoms with Crippen molar-refractivity contribution in [3.8, 4) is 0 Å². The lowest BCUT2D eigenvalue weighted by atomic mass is 9.99. The average Bonchev–Trinajstić information content (AvgIpc) is 2.21. The number of Topliss-reactive ketones (excluding diaryl/α,β-unsaturated/α-hetero) is 1. The van der Waals surface area contributed by atoms with Crippen molar-refractivity contribution < 1.29 is 19.8 Å². The van der Waals surface area contributed by atoms with Crippen LogP contribution in [0.5, 0.6) is 0 Å². The normalized spacial score (nSPS) is 15.0. The Morgan fingerprint density at radius 1 is 1.29 bits per heavy atom. The van der Waals surface area contributed by atoms with E-state index in [1.54, 1.807) is 0 Å². The summed E-state index contributed by atoms with van der Waals surface area (Å²) in [4.78, 5) is 22.3. The van der Waals surface area contributed by atoms with Crippen LogP contribution in [0.4, 0.5) is 0 Å². The van der Waals surface area contributed by atoms with Crippen LogP contribution in [0, 0.1) is 5.92 Å². The Hall–Kier alpha value is -1.82. The van der Waals surface area contributed by atoms with Crippen molar-refractivity contribution >= 4 is 11.7 Å². The maximum Gasteiger partial charge on any atom is 0.260 e. The van der Waals surface area contributed by atoms with E-state index in [-0.39, 0.29) is 14.9 Å². The first-order valence-corrected chi connectivity index (χ1v) is 4.40. The highest BCUT2D eigenvalue weighted by Gasteiger charge is 2.25. The van der Waals surface area contributed by atoms with Gasteiger partial charge in [-0.3, -0.25) is 9.59 Å². The molecule has 0 saturated carbocycles. The number of ketones is 1. The highest BCUT2D eigenvalue weighted by Crippen LogP contribution is 2.16. The monoisotopic (exact) mass is 244 g/mol. The first-order chi connectivity index (χ1) is 7.06. The molecule has 0 saturated heterocycles. The van der Waals surface area contributed by atoms with Gasteiger partial charge in [0.2, 0.25) is 5.91 Å². The quantitative estimate of drug-likeness (QED) is 0.574. The third kappa shape index (κ3) is 4.28. The van der Waals surface area contributed by atoms with Crippen molar-refractivity contribution in [3.63, 3.8) is 0 Å². The molecule has 0 aromatic rings. The Morgan fingerprint density at radius 3 is 2.18 bits per heavy atom. The molecule has 0 bridgehead atoms. The second-order valence-corrected chi connectivity index (χ2v) is 3.04. The van der Waals surface area contributed by atoms with E-state index in [2.05, 4.69) is 5.32 Å². The summed E-state index contributed by atoms with van der Waals surface area (Å²) in [7, 11) is 0. The van der Waals surface area contributed by atoms with Crippen LogP contribution in [0.2, 0.25) is 0 Å². The van der Waals surface area contributed by atoms with Crippen molar-refractivity contribution in [3.05, 3.63) is 23.7 Å². The summed E-state index contributed by atoms with van der Waals surface area (Å²) in [5, 5.41) is 20.7. The van der Waals surface area contributed by atoms with E-state index in [9.17, 15) is 9.59 Å². The molecule has 1 rings (SSSR count). The lowest BCUT2D eigenvalue weighted by Crippen LogP contribution is -2.34. The van der Waals surface area contributed by atoms with E-state index in [1.807, 2.05) is 0 Å². The van der Waals surface area contributed by atoms with Crippen LogP contribution in [0.15, 0.2) is 23.7 Å². The molecule has 1 aliphatic rings. The lowest BCUT2D eigenvalue weighted by Gasteiger charge is -2.13. The van der Waals surface area contributed by atoms with Crippen molar-refractivity contribution in [2.45, 2.75) is 14.9 Å². The number of nitrogens with two attached hydrogens (primary N) is 1. The fraction of sp³-hybridized carbons (Fsp3) is 0.455. The van der Waals surface area contributed by atoms with Crippen LogP contribution < -0.4 is 11.1 Å². The predicted octanol–water partition coefficient (Wildman–Crippen LogP) is 0.416. The van der Waals surface area contributed by atoms with Crippen LogP contribution in [0.3, 0.4) is 0 Å². The van der Waals surface area contributed by atoms with Gasteiger partial charge in [-0.2, -0.15) is 0 Å². The topological polar surface area (TPSA) is 113 Å². The van der Waals surface area contributed by atoms with Crippen LogP contribution >= 0.6 is 0 Å². The number of amides is 1. The largest absolute Gasteiger partial charge is 0.504 e. The zero-order valence-electron chi connectivity index (χ0n) is 7.93. The van der Waals surface area contributed by atoms with Gasteiger partial charge >= 0.3 is 0 Å². The molecule has 17 heavy (non-hydrogen) atoms. The van der Waals surface area contributed by atoms with Gasteiger partial charge in [-0.1, -0.05) is 14.9 Å². The molecule has 0 atom stereocenters. The number of aliphatic hydroxyl groups excluding tert-OH is 2. The number of hydrogen-bond acceptors (Lipinski definition) is 5. The summed E-state index contributed by atoms with van der Waals surface area (Å²) in [5.74, 6) is -3.39. The van der Waals surface area contributed by atoms with Gasteiger partial charge in [-0.15, -0.1) is 0 Å². The van der Waals surface area contributed by atoms with Crippen molar-refractivity contribution in [2.24, 2.45) is 11.7 Å². The second kappa shape index (κ2) is 7.45.